The van der Waals surface area contributed by atoms with E-state index in [0.717, 1.165) is 6.07 Å². The summed E-state index contributed by atoms with van der Waals surface area (Å²) in [5, 5.41) is 7.83. The zero-order valence-corrected chi connectivity index (χ0v) is 16.4. The number of alkyl halides is 3. The van der Waals surface area contributed by atoms with Crippen LogP contribution in [-0.2, 0) is 10.0 Å². The van der Waals surface area contributed by atoms with Gasteiger partial charge in [0.05, 0.1) is 10.6 Å². The maximum absolute atomic E-state index is 12.7. The van der Waals surface area contributed by atoms with Gasteiger partial charge in [0.2, 0.25) is 0 Å². The molecule has 0 aliphatic carbocycles. The van der Waals surface area contributed by atoms with Crippen LogP contribution >= 0.6 is 0 Å². The van der Waals surface area contributed by atoms with Crippen molar-refractivity contribution < 1.29 is 26.4 Å². The van der Waals surface area contributed by atoms with Crippen molar-refractivity contribution in [3.05, 3.63) is 76.6 Å². The lowest BCUT2D eigenvalue weighted by molar-refractivity contribution is -0.123. The van der Waals surface area contributed by atoms with Crippen LogP contribution in [0, 0.1) is 0 Å². The van der Waals surface area contributed by atoms with Crippen molar-refractivity contribution in [1.82, 2.24) is 15.5 Å². The van der Waals surface area contributed by atoms with Crippen LogP contribution in [0.15, 0.2) is 70.4 Å². The molecule has 2 aromatic carbocycles. The largest absolute Gasteiger partial charge is 0.405 e. The molecule has 8 nitrogen and oxygen atoms in total. The summed E-state index contributed by atoms with van der Waals surface area (Å²) in [5.74, 6) is -1.06. The smallest absolute Gasteiger partial charge is 0.343 e. The Kier molecular flexibility index (Phi) is 6.11. The van der Waals surface area contributed by atoms with Gasteiger partial charge in [0.15, 0.2) is 0 Å². The quantitative estimate of drug-likeness (QED) is 0.531. The topological polar surface area (TPSA) is 121 Å². The number of amides is 1. The van der Waals surface area contributed by atoms with Crippen molar-refractivity contribution in [2.45, 2.75) is 11.1 Å². The van der Waals surface area contributed by atoms with Crippen LogP contribution in [0.1, 0.15) is 10.4 Å². The lowest BCUT2D eigenvalue weighted by Gasteiger charge is -2.11. The van der Waals surface area contributed by atoms with Gasteiger partial charge in [-0.25, -0.2) is 13.5 Å². The SMILES string of the molecule is O=C(NCC(F)(F)F)c1cccc(S(=O)(=O)Nc2cccc(-c3ccc(=O)[nH]n3)c2)c1. The van der Waals surface area contributed by atoms with Crippen LogP contribution in [0.2, 0.25) is 0 Å². The molecule has 3 N–H and O–H groups in total. The van der Waals surface area contributed by atoms with Crippen molar-refractivity contribution in [1.29, 1.82) is 0 Å². The minimum Gasteiger partial charge on any atom is -0.343 e. The number of nitrogens with zero attached hydrogens (tertiary/aromatic N) is 1. The van der Waals surface area contributed by atoms with Gasteiger partial charge >= 0.3 is 6.18 Å². The number of carbonyl (C=O) groups is 1. The molecule has 1 heterocycles. The number of halogens is 3. The number of aromatic nitrogens is 2. The van der Waals surface area contributed by atoms with Crippen LogP contribution < -0.4 is 15.6 Å². The third-order valence-corrected chi connectivity index (χ3v) is 5.32. The number of anilines is 1. The Hall–Kier alpha value is -3.67. The number of aromatic amines is 1. The number of benzene rings is 2. The minimum absolute atomic E-state index is 0.178. The number of carbonyl (C=O) groups excluding carboxylic acids is 1. The Morgan fingerprint density at radius 1 is 1.03 bits per heavy atom. The van der Waals surface area contributed by atoms with Crippen molar-refractivity contribution in [3.8, 4) is 11.3 Å². The highest BCUT2D eigenvalue weighted by Crippen LogP contribution is 2.23. The van der Waals surface area contributed by atoms with E-state index in [0.29, 0.717) is 11.3 Å². The average Bonchev–Trinajstić information content (AvgIpc) is 2.72. The molecule has 0 bridgehead atoms. The fourth-order valence-corrected chi connectivity index (χ4v) is 3.64. The van der Waals surface area contributed by atoms with Crippen molar-refractivity contribution in [3.63, 3.8) is 0 Å². The van der Waals surface area contributed by atoms with Gasteiger partial charge in [0.1, 0.15) is 6.54 Å². The highest BCUT2D eigenvalue weighted by Gasteiger charge is 2.28. The van der Waals surface area contributed by atoms with Gasteiger partial charge in [-0.15, -0.1) is 0 Å². The van der Waals surface area contributed by atoms with E-state index >= 15 is 0 Å². The first-order valence-corrected chi connectivity index (χ1v) is 10.2. The summed E-state index contributed by atoms with van der Waals surface area (Å²) in [5.41, 5.74) is 0.483. The number of H-pyrrole nitrogens is 1. The van der Waals surface area contributed by atoms with E-state index in [9.17, 15) is 31.2 Å². The van der Waals surface area contributed by atoms with Gasteiger partial charge in [-0.3, -0.25) is 14.3 Å². The number of sulfonamides is 1. The molecule has 0 saturated heterocycles. The summed E-state index contributed by atoms with van der Waals surface area (Å²) < 4.78 is 64.6. The molecule has 0 fully saturated rings. The van der Waals surface area contributed by atoms with E-state index in [2.05, 4.69) is 14.9 Å². The van der Waals surface area contributed by atoms with E-state index in [-0.39, 0.29) is 21.7 Å². The third kappa shape index (κ3) is 5.92. The standard InChI is InChI=1S/C19H15F3N4O4S/c20-19(21,22)11-23-18(28)13-4-2-6-15(10-13)31(29,30)26-14-5-1-3-12(9-14)16-7-8-17(27)25-24-16/h1-10,26H,11H2,(H,23,28)(H,25,27). The predicted molar refractivity (Wildman–Crippen MR) is 106 cm³/mol. The van der Waals surface area contributed by atoms with Gasteiger partial charge in [-0.2, -0.15) is 18.3 Å². The van der Waals surface area contributed by atoms with Gasteiger partial charge in [-0.05, 0) is 36.4 Å². The summed E-state index contributed by atoms with van der Waals surface area (Å²) in [6, 6.07) is 13.6. The Bertz CT molecular complexity index is 1250. The van der Waals surface area contributed by atoms with E-state index in [4.69, 9.17) is 0 Å². The van der Waals surface area contributed by atoms with Gasteiger partial charge in [0, 0.05) is 22.9 Å². The van der Waals surface area contributed by atoms with E-state index in [1.54, 1.807) is 17.4 Å². The lowest BCUT2D eigenvalue weighted by atomic mass is 10.1. The fraction of sp³-hybridized carbons (Fsp3) is 0.105. The number of nitrogens with one attached hydrogen (secondary N) is 3. The van der Waals surface area contributed by atoms with Crippen molar-refractivity contribution >= 4 is 21.6 Å². The third-order valence-electron chi connectivity index (χ3n) is 3.95. The summed E-state index contributed by atoms with van der Waals surface area (Å²) in [6.45, 7) is -1.54. The normalized spacial score (nSPS) is 11.7. The van der Waals surface area contributed by atoms with Crippen LogP contribution in [0.25, 0.3) is 11.3 Å². The Morgan fingerprint density at radius 3 is 2.45 bits per heavy atom. The second kappa shape index (κ2) is 8.60. The zero-order valence-electron chi connectivity index (χ0n) is 15.6. The molecule has 0 saturated carbocycles. The molecule has 1 amide bonds. The molecule has 0 radical (unpaired) electrons. The van der Waals surface area contributed by atoms with Crippen LogP contribution in [0.4, 0.5) is 18.9 Å². The lowest BCUT2D eigenvalue weighted by Crippen LogP contribution is -2.33. The van der Waals surface area contributed by atoms with Crippen LogP contribution in [0.3, 0.4) is 0 Å². The summed E-state index contributed by atoms with van der Waals surface area (Å²) in [4.78, 5) is 22.7. The second-order valence-corrected chi connectivity index (χ2v) is 8.00. The number of hydrogen-bond donors (Lipinski definition) is 3. The highest BCUT2D eigenvalue weighted by molar-refractivity contribution is 7.92. The minimum atomic E-state index is -4.59. The highest BCUT2D eigenvalue weighted by atomic mass is 32.2. The molecular weight excluding hydrogens is 437 g/mol. The molecule has 0 unspecified atom stereocenters. The molecule has 31 heavy (non-hydrogen) atoms. The molecule has 3 rings (SSSR count). The first-order chi connectivity index (χ1) is 14.5. The summed E-state index contributed by atoms with van der Waals surface area (Å²) in [7, 11) is -4.15. The van der Waals surface area contributed by atoms with E-state index in [1.807, 2.05) is 0 Å². The van der Waals surface area contributed by atoms with Crippen LogP contribution in [0.5, 0.6) is 0 Å². The first-order valence-electron chi connectivity index (χ1n) is 8.67. The molecule has 3 aromatic rings. The Morgan fingerprint density at radius 2 is 1.77 bits per heavy atom. The monoisotopic (exact) mass is 452 g/mol. The molecule has 12 heteroatoms. The van der Waals surface area contributed by atoms with Crippen molar-refractivity contribution in [2.75, 3.05) is 11.3 Å². The molecular formula is C19H15F3N4O4S. The fourth-order valence-electron chi connectivity index (χ4n) is 2.55. The number of rotatable bonds is 6. The Balaban J connectivity index is 1.81. The second-order valence-electron chi connectivity index (χ2n) is 6.32. The summed E-state index contributed by atoms with van der Waals surface area (Å²) in [6.07, 6.45) is -4.59. The van der Waals surface area contributed by atoms with E-state index < -0.39 is 28.7 Å². The molecule has 0 aliphatic rings. The average molecular weight is 452 g/mol. The first kappa shape index (κ1) is 22.0. The number of hydrogen-bond acceptors (Lipinski definition) is 5. The van der Waals surface area contributed by atoms with E-state index in [1.165, 1.54) is 42.5 Å². The van der Waals surface area contributed by atoms with Crippen molar-refractivity contribution in [2.24, 2.45) is 0 Å². The molecule has 0 spiro atoms. The Labute approximate surface area is 174 Å². The molecule has 1 aromatic heterocycles. The van der Waals surface area contributed by atoms with Crippen LogP contribution in [-0.4, -0.2) is 37.2 Å². The molecule has 162 valence electrons. The van der Waals surface area contributed by atoms with Gasteiger partial charge in [-0.1, -0.05) is 18.2 Å². The maximum atomic E-state index is 12.7. The molecule has 0 atom stereocenters. The van der Waals surface area contributed by atoms with Gasteiger partial charge in [0.25, 0.3) is 21.5 Å². The summed E-state index contributed by atoms with van der Waals surface area (Å²) >= 11 is 0. The maximum Gasteiger partial charge on any atom is 0.405 e. The zero-order chi connectivity index (χ0) is 22.6. The molecule has 0 aliphatic heterocycles. The predicted octanol–water partition coefficient (Wildman–Crippen LogP) is 2.53. The van der Waals surface area contributed by atoms with Gasteiger partial charge < -0.3 is 5.32 Å².